The van der Waals surface area contributed by atoms with E-state index in [4.69, 9.17) is 11.6 Å². The number of nitrogens with zero attached hydrogens (tertiary/aromatic N) is 3. The lowest BCUT2D eigenvalue weighted by Gasteiger charge is -2.36. The van der Waals surface area contributed by atoms with Gasteiger partial charge in [-0.25, -0.2) is 4.98 Å². The van der Waals surface area contributed by atoms with Crippen LogP contribution in [0.4, 0.5) is 19.0 Å². The van der Waals surface area contributed by atoms with Gasteiger partial charge in [0.25, 0.3) is 0 Å². The molecule has 1 fully saturated rings. The van der Waals surface area contributed by atoms with Gasteiger partial charge < -0.3 is 10.2 Å². The average Bonchev–Trinajstić information content (AvgIpc) is 2.39. The van der Waals surface area contributed by atoms with E-state index in [9.17, 15) is 13.2 Å². The summed E-state index contributed by atoms with van der Waals surface area (Å²) < 4.78 is 37.0. The summed E-state index contributed by atoms with van der Waals surface area (Å²) >= 11 is 6.22. The van der Waals surface area contributed by atoms with Crippen molar-refractivity contribution in [3.8, 4) is 0 Å². The Morgan fingerprint density at radius 2 is 1.95 bits per heavy atom. The summed E-state index contributed by atoms with van der Waals surface area (Å²) in [5.74, 6) is 0.642. The second-order valence-electron chi connectivity index (χ2n) is 5.06. The van der Waals surface area contributed by atoms with Crippen LogP contribution >= 0.6 is 11.6 Å². The lowest BCUT2D eigenvalue weighted by molar-refractivity contribution is -0.146. The zero-order valence-corrected chi connectivity index (χ0v) is 12.5. The summed E-state index contributed by atoms with van der Waals surface area (Å²) in [4.78, 5) is 7.66. The van der Waals surface area contributed by atoms with E-state index < -0.39 is 12.7 Å². The van der Waals surface area contributed by atoms with Crippen molar-refractivity contribution in [3.05, 3.63) is 22.8 Å². The molecule has 1 saturated heterocycles. The van der Waals surface area contributed by atoms with E-state index in [0.29, 0.717) is 43.6 Å². The lowest BCUT2D eigenvalue weighted by Crippen LogP contribution is -2.49. The maximum absolute atomic E-state index is 12.3. The monoisotopic (exact) mass is 322 g/mol. The van der Waals surface area contributed by atoms with Gasteiger partial charge in [0.2, 0.25) is 0 Å². The van der Waals surface area contributed by atoms with Crippen LogP contribution in [0.3, 0.4) is 0 Å². The van der Waals surface area contributed by atoms with Gasteiger partial charge in [0, 0.05) is 38.9 Å². The molecule has 0 aliphatic carbocycles. The molecule has 2 rings (SSSR count). The van der Waals surface area contributed by atoms with E-state index in [1.807, 2.05) is 18.0 Å². The minimum absolute atomic E-state index is 0.357. The van der Waals surface area contributed by atoms with E-state index in [0.717, 1.165) is 5.56 Å². The minimum atomic E-state index is -4.15. The molecule has 0 aromatic carbocycles. The first-order valence-electron chi connectivity index (χ1n) is 6.72. The molecule has 0 bridgehead atoms. The highest BCUT2D eigenvalue weighted by atomic mass is 35.5. The topological polar surface area (TPSA) is 31.4 Å². The molecule has 0 radical (unpaired) electrons. The maximum Gasteiger partial charge on any atom is 0.401 e. The lowest BCUT2D eigenvalue weighted by atomic mass is 10.2. The largest absolute Gasteiger partial charge is 0.401 e. The molecule has 0 unspecified atom stereocenters. The van der Waals surface area contributed by atoms with Crippen LogP contribution in [0.1, 0.15) is 5.56 Å². The second kappa shape index (κ2) is 6.81. The first-order chi connectivity index (χ1) is 9.89. The van der Waals surface area contributed by atoms with Crippen molar-refractivity contribution in [2.45, 2.75) is 12.7 Å². The standard InChI is InChI=1S/C13H18ClF3N4/c1-18-7-10-6-11(14)12(19-8-10)21-4-2-20(3-5-21)9-13(15,16)17/h6,8,18H,2-5,7,9H2,1H3. The fourth-order valence-electron chi connectivity index (χ4n) is 2.38. The molecule has 118 valence electrons. The van der Waals surface area contributed by atoms with Crippen LogP contribution in [-0.2, 0) is 6.54 Å². The van der Waals surface area contributed by atoms with Crippen molar-refractivity contribution in [3.63, 3.8) is 0 Å². The minimum Gasteiger partial charge on any atom is -0.353 e. The number of alkyl halides is 3. The third-order valence-corrected chi connectivity index (χ3v) is 3.61. The number of halogens is 4. The summed E-state index contributed by atoms with van der Waals surface area (Å²) in [5.41, 5.74) is 0.974. The summed E-state index contributed by atoms with van der Waals surface area (Å²) in [6.07, 6.45) is -2.41. The number of anilines is 1. The molecule has 0 saturated carbocycles. The van der Waals surface area contributed by atoms with Gasteiger partial charge in [-0.2, -0.15) is 13.2 Å². The molecule has 1 aromatic rings. The van der Waals surface area contributed by atoms with Gasteiger partial charge in [0.05, 0.1) is 11.6 Å². The quantitative estimate of drug-likeness (QED) is 0.920. The normalized spacial score (nSPS) is 17.3. The van der Waals surface area contributed by atoms with Gasteiger partial charge in [0.15, 0.2) is 0 Å². The third-order valence-electron chi connectivity index (χ3n) is 3.33. The van der Waals surface area contributed by atoms with Gasteiger partial charge in [-0.3, -0.25) is 4.90 Å². The van der Waals surface area contributed by atoms with Crippen LogP contribution in [0.15, 0.2) is 12.3 Å². The number of nitrogens with one attached hydrogen (secondary N) is 1. The highest BCUT2D eigenvalue weighted by Gasteiger charge is 2.32. The molecule has 8 heteroatoms. The Balaban J connectivity index is 1.96. The highest BCUT2D eigenvalue weighted by Crippen LogP contribution is 2.26. The maximum atomic E-state index is 12.3. The number of pyridine rings is 1. The Morgan fingerprint density at radius 1 is 1.29 bits per heavy atom. The van der Waals surface area contributed by atoms with Gasteiger partial charge in [-0.1, -0.05) is 11.6 Å². The number of piperazine rings is 1. The Kier molecular flexibility index (Phi) is 5.29. The van der Waals surface area contributed by atoms with Crippen molar-refractivity contribution >= 4 is 17.4 Å². The van der Waals surface area contributed by atoms with Gasteiger partial charge in [0.1, 0.15) is 5.82 Å². The summed E-state index contributed by atoms with van der Waals surface area (Å²) in [5, 5.41) is 3.55. The smallest absolute Gasteiger partial charge is 0.353 e. The molecule has 1 aromatic heterocycles. The van der Waals surface area contributed by atoms with Crippen molar-refractivity contribution < 1.29 is 13.2 Å². The summed E-state index contributed by atoms with van der Waals surface area (Å²) in [7, 11) is 1.84. The predicted octanol–water partition coefficient (Wildman–Crippen LogP) is 2.14. The Labute approximate surface area is 126 Å². The number of hydrogen-bond donors (Lipinski definition) is 1. The molecule has 21 heavy (non-hydrogen) atoms. The fraction of sp³-hybridized carbons (Fsp3) is 0.615. The second-order valence-corrected chi connectivity index (χ2v) is 5.46. The van der Waals surface area contributed by atoms with E-state index in [2.05, 4.69) is 10.3 Å². The van der Waals surface area contributed by atoms with E-state index in [1.165, 1.54) is 4.90 Å². The van der Waals surface area contributed by atoms with Crippen LogP contribution in [0.5, 0.6) is 0 Å². The summed E-state index contributed by atoms with van der Waals surface area (Å²) in [6, 6.07) is 1.84. The third kappa shape index (κ3) is 4.72. The Morgan fingerprint density at radius 3 is 2.48 bits per heavy atom. The van der Waals surface area contributed by atoms with Crippen LogP contribution in [0.2, 0.25) is 5.02 Å². The molecule has 1 N–H and O–H groups in total. The SMILES string of the molecule is CNCc1cnc(N2CCN(CC(F)(F)F)CC2)c(Cl)c1. The van der Waals surface area contributed by atoms with Crippen LogP contribution in [-0.4, -0.2) is 55.8 Å². The van der Waals surface area contributed by atoms with Crippen molar-refractivity contribution in [2.24, 2.45) is 0 Å². The fourth-order valence-corrected chi connectivity index (χ4v) is 2.68. The predicted molar refractivity (Wildman–Crippen MR) is 76.7 cm³/mol. The van der Waals surface area contributed by atoms with Crippen molar-refractivity contribution in [1.29, 1.82) is 0 Å². The Hall–Kier alpha value is -1.05. The molecule has 0 amide bonds. The van der Waals surface area contributed by atoms with Crippen molar-refractivity contribution in [1.82, 2.24) is 15.2 Å². The highest BCUT2D eigenvalue weighted by molar-refractivity contribution is 6.33. The average molecular weight is 323 g/mol. The first-order valence-corrected chi connectivity index (χ1v) is 7.10. The molecule has 0 spiro atoms. The first kappa shape index (κ1) is 16.3. The summed E-state index contributed by atoms with van der Waals surface area (Å²) in [6.45, 7) is 1.52. The molecular weight excluding hydrogens is 305 g/mol. The van der Waals surface area contributed by atoms with Crippen LogP contribution < -0.4 is 10.2 Å². The van der Waals surface area contributed by atoms with Crippen LogP contribution in [0, 0.1) is 0 Å². The van der Waals surface area contributed by atoms with Gasteiger partial charge >= 0.3 is 6.18 Å². The molecule has 4 nitrogen and oxygen atoms in total. The molecule has 1 aliphatic rings. The number of rotatable bonds is 4. The van der Waals surface area contributed by atoms with Gasteiger partial charge in [-0.05, 0) is 18.7 Å². The molecule has 1 aliphatic heterocycles. The number of aromatic nitrogens is 1. The van der Waals surface area contributed by atoms with Gasteiger partial charge in [-0.15, -0.1) is 0 Å². The zero-order valence-electron chi connectivity index (χ0n) is 11.8. The number of hydrogen-bond acceptors (Lipinski definition) is 4. The molecular formula is C13H18ClF3N4. The molecule has 2 heterocycles. The van der Waals surface area contributed by atoms with Crippen LogP contribution in [0.25, 0.3) is 0 Å². The Bertz CT molecular complexity index is 473. The van der Waals surface area contributed by atoms with E-state index in [-0.39, 0.29) is 0 Å². The van der Waals surface area contributed by atoms with E-state index >= 15 is 0 Å². The van der Waals surface area contributed by atoms with Crippen molar-refractivity contribution in [2.75, 3.05) is 44.7 Å². The van der Waals surface area contributed by atoms with E-state index in [1.54, 1.807) is 6.20 Å². The molecule has 0 atom stereocenters. The zero-order chi connectivity index (χ0) is 15.5.